The monoisotopic (exact) mass is 344 g/mol. The number of morpholine rings is 1. The van der Waals surface area contributed by atoms with E-state index in [0.29, 0.717) is 19.8 Å². The van der Waals surface area contributed by atoms with Gasteiger partial charge in [0, 0.05) is 24.8 Å². The van der Waals surface area contributed by atoms with Gasteiger partial charge in [-0.15, -0.1) is 0 Å². The van der Waals surface area contributed by atoms with Gasteiger partial charge in [-0.3, -0.25) is 9.48 Å². The van der Waals surface area contributed by atoms with Gasteiger partial charge in [0.1, 0.15) is 11.4 Å². The van der Waals surface area contributed by atoms with Gasteiger partial charge in [-0.1, -0.05) is 6.07 Å². The van der Waals surface area contributed by atoms with Crippen LogP contribution in [-0.4, -0.2) is 56.4 Å². The number of hydrogen-bond acceptors (Lipinski definition) is 5. The molecule has 25 heavy (non-hydrogen) atoms. The minimum atomic E-state index is -1.16. The van der Waals surface area contributed by atoms with E-state index in [0.717, 1.165) is 17.0 Å². The molecule has 132 valence electrons. The van der Waals surface area contributed by atoms with Gasteiger partial charge in [-0.2, -0.15) is 5.10 Å². The lowest BCUT2D eigenvalue weighted by Gasteiger charge is -2.35. The van der Waals surface area contributed by atoms with Gasteiger partial charge in [-0.25, -0.2) is 9.78 Å². The summed E-state index contributed by atoms with van der Waals surface area (Å²) in [6, 6.07) is 4.15. The van der Waals surface area contributed by atoms with Gasteiger partial charge in [0.05, 0.1) is 24.9 Å². The summed E-state index contributed by atoms with van der Waals surface area (Å²) in [5.74, 6) is -1.47. The number of nitrogens with zero attached hydrogens (tertiary/aromatic N) is 4. The highest BCUT2D eigenvalue weighted by atomic mass is 16.5. The Kier molecular flexibility index (Phi) is 4.54. The number of pyridine rings is 1. The molecule has 1 N–H and O–H groups in total. The fraction of sp³-hybridized carbons (Fsp3) is 0.412. The van der Waals surface area contributed by atoms with Crippen LogP contribution >= 0.6 is 0 Å². The van der Waals surface area contributed by atoms with Crippen molar-refractivity contribution >= 4 is 11.9 Å². The minimum absolute atomic E-state index is 0.117. The number of aryl methyl sites for hydroxylation is 2. The highest BCUT2D eigenvalue weighted by Crippen LogP contribution is 2.30. The van der Waals surface area contributed by atoms with Crippen molar-refractivity contribution in [3.05, 3.63) is 46.5 Å². The summed E-state index contributed by atoms with van der Waals surface area (Å²) in [6.45, 7) is 5.08. The zero-order valence-electron chi connectivity index (χ0n) is 14.4. The smallest absolute Gasteiger partial charge is 0.354 e. The Hall–Kier alpha value is -2.74. The average molecular weight is 344 g/mol. The normalized spacial score (nSPS) is 17.6. The number of carboxylic acid groups (broad SMARTS) is 1. The Labute approximate surface area is 145 Å². The van der Waals surface area contributed by atoms with Crippen molar-refractivity contribution in [2.45, 2.75) is 19.9 Å². The standard InChI is InChI=1S/C17H20N4O4/c1-10-15(11(2)20(3)19-10)14-9-25-8-7-21(14)16(22)12-5-4-6-13(18-12)17(23)24/h4-6,14H,7-9H2,1-3H3,(H,23,24). The molecule has 0 aromatic carbocycles. The second-order valence-corrected chi connectivity index (χ2v) is 6.01. The molecule has 2 aromatic heterocycles. The summed E-state index contributed by atoms with van der Waals surface area (Å²) >= 11 is 0. The highest BCUT2D eigenvalue weighted by molar-refractivity contribution is 5.94. The zero-order chi connectivity index (χ0) is 18.1. The SMILES string of the molecule is Cc1nn(C)c(C)c1C1COCCN1C(=O)c1cccc(C(=O)O)n1. The lowest BCUT2D eigenvalue weighted by atomic mass is 10.0. The number of aromatic carboxylic acids is 1. The number of aromatic nitrogens is 3. The molecule has 1 amide bonds. The van der Waals surface area contributed by atoms with Crippen LogP contribution in [0.25, 0.3) is 0 Å². The predicted octanol–water partition coefficient (Wildman–Crippen LogP) is 1.34. The van der Waals surface area contributed by atoms with Crippen molar-refractivity contribution in [2.75, 3.05) is 19.8 Å². The van der Waals surface area contributed by atoms with E-state index in [9.17, 15) is 9.59 Å². The van der Waals surface area contributed by atoms with Crippen molar-refractivity contribution in [2.24, 2.45) is 7.05 Å². The van der Waals surface area contributed by atoms with E-state index in [1.165, 1.54) is 18.2 Å². The number of amides is 1. The maximum absolute atomic E-state index is 13.0. The van der Waals surface area contributed by atoms with Crippen LogP contribution in [0.3, 0.4) is 0 Å². The lowest BCUT2D eigenvalue weighted by molar-refractivity contribution is -0.00336. The first kappa shape index (κ1) is 17.1. The van der Waals surface area contributed by atoms with Gasteiger partial charge in [0.2, 0.25) is 0 Å². The van der Waals surface area contributed by atoms with Gasteiger partial charge in [0.15, 0.2) is 0 Å². The molecule has 8 nitrogen and oxygen atoms in total. The van der Waals surface area contributed by atoms with Crippen LogP contribution in [0, 0.1) is 13.8 Å². The van der Waals surface area contributed by atoms with Crippen LogP contribution in [-0.2, 0) is 11.8 Å². The minimum Gasteiger partial charge on any atom is -0.477 e. The fourth-order valence-electron chi connectivity index (χ4n) is 3.18. The van der Waals surface area contributed by atoms with E-state index < -0.39 is 5.97 Å². The molecule has 0 radical (unpaired) electrons. The molecular formula is C17H20N4O4. The van der Waals surface area contributed by atoms with Crippen molar-refractivity contribution in [3.63, 3.8) is 0 Å². The molecule has 1 unspecified atom stereocenters. The number of carbonyl (C=O) groups excluding carboxylic acids is 1. The van der Waals surface area contributed by atoms with Crippen LogP contribution in [0.1, 0.15) is 44.0 Å². The molecule has 0 spiro atoms. The van der Waals surface area contributed by atoms with Gasteiger partial charge in [0.25, 0.3) is 5.91 Å². The van der Waals surface area contributed by atoms with Crippen molar-refractivity contribution in [3.8, 4) is 0 Å². The van der Waals surface area contributed by atoms with E-state index in [1.807, 2.05) is 20.9 Å². The molecule has 3 rings (SSSR count). The van der Waals surface area contributed by atoms with Gasteiger partial charge < -0.3 is 14.7 Å². The summed E-state index contributed by atoms with van der Waals surface area (Å²) < 4.78 is 7.37. The quantitative estimate of drug-likeness (QED) is 0.902. The molecule has 2 aromatic rings. The first-order chi connectivity index (χ1) is 11.9. The molecular weight excluding hydrogens is 324 g/mol. The summed E-state index contributed by atoms with van der Waals surface area (Å²) in [4.78, 5) is 29.7. The predicted molar refractivity (Wildman–Crippen MR) is 88.5 cm³/mol. The van der Waals surface area contributed by atoms with Crippen LogP contribution in [0.2, 0.25) is 0 Å². The number of hydrogen-bond donors (Lipinski definition) is 1. The summed E-state index contributed by atoms with van der Waals surface area (Å²) in [6.07, 6.45) is 0. The van der Waals surface area contributed by atoms with Crippen LogP contribution in [0.15, 0.2) is 18.2 Å². The molecule has 0 aliphatic carbocycles. The Bertz CT molecular complexity index is 830. The molecule has 1 fully saturated rings. The van der Waals surface area contributed by atoms with Crippen LogP contribution in [0.4, 0.5) is 0 Å². The Morgan fingerprint density at radius 1 is 1.28 bits per heavy atom. The van der Waals surface area contributed by atoms with Gasteiger partial charge >= 0.3 is 5.97 Å². The van der Waals surface area contributed by atoms with Gasteiger partial charge in [-0.05, 0) is 26.0 Å². The zero-order valence-corrected chi connectivity index (χ0v) is 14.4. The maximum atomic E-state index is 13.0. The van der Waals surface area contributed by atoms with E-state index in [1.54, 1.807) is 9.58 Å². The maximum Gasteiger partial charge on any atom is 0.354 e. The Morgan fingerprint density at radius 3 is 2.64 bits per heavy atom. The number of ether oxygens (including phenoxy) is 1. The number of carbonyl (C=O) groups is 2. The number of rotatable bonds is 3. The number of carboxylic acids is 1. The van der Waals surface area contributed by atoms with E-state index in [2.05, 4.69) is 10.1 Å². The molecule has 3 heterocycles. The summed E-state index contributed by atoms with van der Waals surface area (Å²) in [5, 5.41) is 13.5. The van der Waals surface area contributed by atoms with Crippen molar-refractivity contribution < 1.29 is 19.4 Å². The molecule has 1 atom stereocenters. The Balaban J connectivity index is 1.97. The third kappa shape index (κ3) is 3.12. The second-order valence-electron chi connectivity index (χ2n) is 6.01. The van der Waals surface area contributed by atoms with Crippen LogP contribution < -0.4 is 0 Å². The average Bonchev–Trinajstić information content (AvgIpc) is 2.86. The van der Waals surface area contributed by atoms with Crippen molar-refractivity contribution in [1.29, 1.82) is 0 Å². The molecule has 0 saturated carbocycles. The summed E-state index contributed by atoms with van der Waals surface area (Å²) in [5.41, 5.74) is 2.75. The largest absolute Gasteiger partial charge is 0.477 e. The first-order valence-corrected chi connectivity index (χ1v) is 7.99. The third-order valence-electron chi connectivity index (χ3n) is 4.47. The molecule has 1 aliphatic heterocycles. The Morgan fingerprint density at radius 2 is 2.00 bits per heavy atom. The highest BCUT2D eigenvalue weighted by Gasteiger charge is 2.33. The fourth-order valence-corrected chi connectivity index (χ4v) is 3.18. The summed E-state index contributed by atoms with van der Waals surface area (Å²) in [7, 11) is 1.86. The van der Waals surface area contributed by atoms with E-state index in [4.69, 9.17) is 9.84 Å². The molecule has 8 heteroatoms. The molecule has 1 saturated heterocycles. The third-order valence-corrected chi connectivity index (χ3v) is 4.47. The van der Waals surface area contributed by atoms with Crippen molar-refractivity contribution in [1.82, 2.24) is 19.7 Å². The molecule has 1 aliphatic rings. The van der Waals surface area contributed by atoms with E-state index >= 15 is 0 Å². The lowest BCUT2D eigenvalue weighted by Crippen LogP contribution is -2.44. The second kappa shape index (κ2) is 6.64. The van der Waals surface area contributed by atoms with Crippen LogP contribution in [0.5, 0.6) is 0 Å². The topological polar surface area (TPSA) is 97.6 Å². The molecule has 0 bridgehead atoms. The first-order valence-electron chi connectivity index (χ1n) is 7.99. The van der Waals surface area contributed by atoms with E-state index in [-0.39, 0.29) is 23.3 Å².